The monoisotopic (exact) mass is 363 g/mol. The number of halogens is 1. The van der Waals surface area contributed by atoms with Crippen molar-refractivity contribution in [3.63, 3.8) is 0 Å². The summed E-state index contributed by atoms with van der Waals surface area (Å²) < 4.78 is 0.855. The van der Waals surface area contributed by atoms with E-state index in [1.807, 2.05) is 13.0 Å². The Morgan fingerprint density at radius 3 is 3.00 bits per heavy atom. The van der Waals surface area contributed by atoms with Crippen LogP contribution in [0.25, 0.3) is 11.0 Å². The number of aromatic nitrogens is 4. The van der Waals surface area contributed by atoms with Gasteiger partial charge in [0.05, 0.1) is 15.5 Å². The first-order chi connectivity index (χ1) is 10.2. The third-order valence-electron chi connectivity index (χ3n) is 2.91. The van der Waals surface area contributed by atoms with Crippen molar-refractivity contribution in [1.82, 2.24) is 19.9 Å². The van der Waals surface area contributed by atoms with E-state index in [9.17, 15) is 0 Å². The van der Waals surface area contributed by atoms with Crippen LogP contribution in [0.2, 0.25) is 0 Å². The van der Waals surface area contributed by atoms with Crippen LogP contribution in [0.4, 0.5) is 5.82 Å². The zero-order valence-electron chi connectivity index (χ0n) is 11.6. The third kappa shape index (κ3) is 3.03. The Morgan fingerprint density at radius 2 is 2.19 bits per heavy atom. The number of hydrogen-bond acceptors (Lipinski definition) is 5. The Balaban J connectivity index is 1.93. The highest BCUT2D eigenvalue weighted by Gasteiger charge is 2.12. The average Bonchev–Trinajstić information content (AvgIpc) is 2.85. The first-order valence-electron chi connectivity index (χ1n) is 6.56. The lowest BCUT2D eigenvalue weighted by Crippen LogP contribution is -2.01. The summed E-state index contributed by atoms with van der Waals surface area (Å²) in [4.78, 5) is 16.4. The van der Waals surface area contributed by atoms with Gasteiger partial charge in [0.15, 0.2) is 5.16 Å². The topological polar surface area (TPSA) is 66.5 Å². The number of benzene rings is 1. The maximum absolute atomic E-state index is 4.57. The molecule has 2 N–H and O–H groups in total. The molecule has 0 saturated carbocycles. The number of nitrogens with zero attached hydrogens (tertiary/aromatic N) is 3. The number of H-pyrrole nitrogens is 1. The number of hydrogen-bond donors (Lipinski definition) is 2. The van der Waals surface area contributed by atoms with E-state index in [1.165, 1.54) is 17.3 Å². The maximum Gasteiger partial charge on any atom is 0.172 e. The van der Waals surface area contributed by atoms with Gasteiger partial charge in [-0.2, -0.15) is 0 Å². The number of aryl methyl sites for hydroxylation is 1. The number of nitrogens with one attached hydrogen (secondary N) is 2. The first-order valence-corrected chi connectivity index (χ1v) is 8.17. The van der Waals surface area contributed by atoms with E-state index < -0.39 is 0 Å². The molecule has 5 nitrogen and oxygen atoms in total. The molecule has 108 valence electrons. The molecule has 0 radical (unpaired) electrons. The highest BCUT2D eigenvalue weighted by molar-refractivity contribution is 9.10. The Bertz CT molecular complexity index is 786. The van der Waals surface area contributed by atoms with Crippen LogP contribution in [0.3, 0.4) is 0 Å². The van der Waals surface area contributed by atoms with Gasteiger partial charge in [-0.25, -0.2) is 15.0 Å². The quantitative estimate of drug-likeness (QED) is 0.685. The van der Waals surface area contributed by atoms with Gasteiger partial charge in [-0.1, -0.05) is 6.07 Å². The molecule has 0 aliphatic carbocycles. The Hall–Kier alpha value is -1.60. The van der Waals surface area contributed by atoms with Crippen LogP contribution in [0.15, 0.2) is 39.2 Å². The van der Waals surface area contributed by atoms with Gasteiger partial charge in [0, 0.05) is 6.54 Å². The fourth-order valence-electron chi connectivity index (χ4n) is 1.96. The number of imidazole rings is 1. The summed E-state index contributed by atoms with van der Waals surface area (Å²) in [7, 11) is 0. The van der Waals surface area contributed by atoms with Crippen molar-refractivity contribution in [2.24, 2.45) is 0 Å². The van der Waals surface area contributed by atoms with Gasteiger partial charge in [-0.3, -0.25) is 0 Å². The number of anilines is 1. The van der Waals surface area contributed by atoms with Crippen molar-refractivity contribution < 1.29 is 0 Å². The summed E-state index contributed by atoms with van der Waals surface area (Å²) in [6.07, 6.45) is 1.55. The maximum atomic E-state index is 4.57. The lowest BCUT2D eigenvalue weighted by atomic mass is 10.2. The Morgan fingerprint density at radius 1 is 1.33 bits per heavy atom. The molecule has 0 saturated heterocycles. The van der Waals surface area contributed by atoms with E-state index in [-0.39, 0.29) is 0 Å². The van der Waals surface area contributed by atoms with Crippen LogP contribution in [0, 0.1) is 6.92 Å². The molecule has 0 amide bonds. The van der Waals surface area contributed by atoms with Crippen molar-refractivity contribution in [1.29, 1.82) is 0 Å². The van der Waals surface area contributed by atoms with E-state index in [0.717, 1.165) is 38.1 Å². The number of aromatic amines is 1. The highest BCUT2D eigenvalue weighted by Crippen LogP contribution is 2.34. The summed E-state index contributed by atoms with van der Waals surface area (Å²) in [6.45, 7) is 4.91. The molecule has 0 spiro atoms. The fourth-order valence-corrected chi connectivity index (χ4v) is 3.32. The minimum Gasteiger partial charge on any atom is -0.369 e. The Labute approximate surface area is 135 Å². The van der Waals surface area contributed by atoms with Crippen LogP contribution in [0.1, 0.15) is 12.5 Å². The van der Waals surface area contributed by atoms with Crippen LogP contribution in [-0.4, -0.2) is 26.5 Å². The van der Waals surface area contributed by atoms with E-state index in [4.69, 9.17) is 0 Å². The van der Waals surface area contributed by atoms with E-state index in [0.29, 0.717) is 0 Å². The molecule has 21 heavy (non-hydrogen) atoms. The van der Waals surface area contributed by atoms with E-state index in [2.05, 4.69) is 60.2 Å². The molecule has 0 aliphatic heterocycles. The second kappa shape index (κ2) is 6.03. The summed E-state index contributed by atoms with van der Waals surface area (Å²) in [5.74, 6) is 0.793. The van der Waals surface area contributed by atoms with Gasteiger partial charge in [0.2, 0.25) is 0 Å². The zero-order valence-corrected chi connectivity index (χ0v) is 14.0. The molecule has 0 fully saturated rings. The van der Waals surface area contributed by atoms with E-state index in [1.54, 1.807) is 6.33 Å². The van der Waals surface area contributed by atoms with Crippen molar-refractivity contribution in [2.75, 3.05) is 11.9 Å². The van der Waals surface area contributed by atoms with Crippen molar-refractivity contribution >= 4 is 44.5 Å². The van der Waals surface area contributed by atoms with Crippen LogP contribution < -0.4 is 5.32 Å². The molecule has 0 unspecified atom stereocenters. The van der Waals surface area contributed by atoms with Gasteiger partial charge < -0.3 is 10.3 Å². The van der Waals surface area contributed by atoms with Crippen molar-refractivity contribution in [3.8, 4) is 0 Å². The molecule has 0 bridgehead atoms. The third-order valence-corrected chi connectivity index (χ3v) is 4.81. The summed E-state index contributed by atoms with van der Waals surface area (Å²) >= 11 is 5.03. The van der Waals surface area contributed by atoms with Gasteiger partial charge in [-0.05, 0) is 59.2 Å². The first kappa shape index (κ1) is 14.3. The predicted octanol–water partition coefficient (Wildman–Crippen LogP) is 4.01. The second-order valence-corrected chi connectivity index (χ2v) is 6.31. The van der Waals surface area contributed by atoms with Gasteiger partial charge >= 0.3 is 0 Å². The molecular formula is C14H14BrN5S. The summed E-state index contributed by atoms with van der Waals surface area (Å²) in [5, 5.41) is 4.84. The molecule has 7 heteroatoms. The van der Waals surface area contributed by atoms with Crippen molar-refractivity contribution in [2.45, 2.75) is 24.0 Å². The predicted molar refractivity (Wildman–Crippen MR) is 88.8 cm³/mol. The highest BCUT2D eigenvalue weighted by atomic mass is 79.9. The van der Waals surface area contributed by atoms with Crippen LogP contribution in [0.5, 0.6) is 0 Å². The minimum absolute atomic E-state index is 0.793. The molecule has 0 atom stereocenters. The summed E-state index contributed by atoms with van der Waals surface area (Å²) in [5.41, 5.74) is 3.20. The summed E-state index contributed by atoms with van der Waals surface area (Å²) in [6, 6.07) is 6.16. The molecule has 0 aliphatic rings. The lowest BCUT2D eigenvalue weighted by molar-refractivity contribution is 0.996. The number of fused-ring (bicyclic) bond motifs is 1. The fraction of sp³-hybridized carbons (Fsp3) is 0.214. The lowest BCUT2D eigenvalue weighted by Gasteiger charge is -2.06. The molecule has 1 aromatic carbocycles. The largest absolute Gasteiger partial charge is 0.369 e. The molecule has 2 heterocycles. The smallest absolute Gasteiger partial charge is 0.172 e. The van der Waals surface area contributed by atoms with Gasteiger partial charge in [-0.15, -0.1) is 0 Å². The van der Waals surface area contributed by atoms with Crippen molar-refractivity contribution in [3.05, 3.63) is 34.6 Å². The minimum atomic E-state index is 0.793. The SMILES string of the molecule is CCNc1ncnc(Sc2nc3ccc(C)cc3[nH]2)c1Br. The Kier molecular flexibility index (Phi) is 4.12. The average molecular weight is 364 g/mol. The second-order valence-electron chi connectivity index (χ2n) is 4.54. The van der Waals surface area contributed by atoms with Crippen LogP contribution >= 0.6 is 27.7 Å². The molecule has 3 aromatic rings. The van der Waals surface area contributed by atoms with Crippen LogP contribution in [-0.2, 0) is 0 Å². The van der Waals surface area contributed by atoms with Gasteiger partial charge in [0.1, 0.15) is 17.2 Å². The number of rotatable bonds is 4. The zero-order chi connectivity index (χ0) is 14.8. The molecule has 2 aromatic heterocycles. The molecular weight excluding hydrogens is 350 g/mol. The van der Waals surface area contributed by atoms with Gasteiger partial charge in [0.25, 0.3) is 0 Å². The normalized spacial score (nSPS) is 11.0. The standard InChI is InChI=1S/C14H14BrN5S/c1-3-16-12-11(15)13(18-7-17-12)21-14-19-9-5-4-8(2)6-10(9)20-14/h4-7H,3H2,1-2H3,(H,19,20)(H,16,17,18). The molecule has 3 rings (SSSR count). The van der Waals surface area contributed by atoms with E-state index >= 15 is 0 Å².